The van der Waals surface area contributed by atoms with Crippen LogP contribution in [0.2, 0.25) is 5.02 Å². The van der Waals surface area contributed by atoms with Crippen molar-refractivity contribution in [2.45, 2.75) is 18.6 Å². The lowest BCUT2D eigenvalue weighted by Gasteiger charge is -2.36. The van der Waals surface area contributed by atoms with Crippen LogP contribution in [-0.4, -0.2) is 56.4 Å². The van der Waals surface area contributed by atoms with Crippen LogP contribution in [-0.2, 0) is 14.3 Å². The first-order valence-corrected chi connectivity index (χ1v) is 9.07. The molecule has 4 atom stereocenters. The molecule has 6 heteroatoms. The number of fused-ring (bicyclic) bond motifs is 1. The van der Waals surface area contributed by atoms with Gasteiger partial charge in [-0.2, -0.15) is 0 Å². The molecule has 0 spiro atoms. The Balaban J connectivity index is 1.45. The van der Waals surface area contributed by atoms with E-state index in [1.165, 1.54) is 0 Å². The van der Waals surface area contributed by atoms with Gasteiger partial charge in [0.05, 0.1) is 13.2 Å². The van der Waals surface area contributed by atoms with Crippen LogP contribution in [0.25, 0.3) is 0 Å². The van der Waals surface area contributed by atoms with Crippen LogP contribution in [0.3, 0.4) is 0 Å². The van der Waals surface area contributed by atoms with E-state index in [9.17, 15) is 4.79 Å². The summed E-state index contributed by atoms with van der Waals surface area (Å²) in [4.78, 5) is 15.0. The van der Waals surface area contributed by atoms with Crippen LogP contribution in [0.4, 0.5) is 0 Å². The smallest absolute Gasteiger partial charge is 0.252 e. The molecule has 0 saturated carbocycles. The van der Waals surface area contributed by atoms with E-state index in [0.29, 0.717) is 25.0 Å². The van der Waals surface area contributed by atoms with Gasteiger partial charge in [0, 0.05) is 49.1 Å². The zero-order valence-corrected chi connectivity index (χ0v) is 14.4. The van der Waals surface area contributed by atoms with Crippen LogP contribution >= 0.6 is 11.6 Å². The highest BCUT2D eigenvalue weighted by atomic mass is 35.5. The first-order chi connectivity index (χ1) is 11.7. The SMILES string of the molecule is O=C(C1OCC2COCCC21)N1CCNC(c2cccc(Cl)c2)C1. The summed E-state index contributed by atoms with van der Waals surface area (Å²) in [6.07, 6.45) is 0.627. The third-order valence-corrected chi connectivity index (χ3v) is 5.63. The lowest BCUT2D eigenvalue weighted by atomic mass is 9.86. The number of halogens is 1. The number of amides is 1. The Bertz CT molecular complexity index is 612. The van der Waals surface area contributed by atoms with Crippen LogP contribution < -0.4 is 5.32 Å². The molecule has 3 heterocycles. The Morgan fingerprint density at radius 3 is 3.12 bits per heavy atom. The molecule has 0 radical (unpaired) electrons. The van der Waals surface area contributed by atoms with Gasteiger partial charge in [-0.15, -0.1) is 0 Å². The maximum atomic E-state index is 13.0. The molecule has 1 aromatic rings. The van der Waals surface area contributed by atoms with Gasteiger partial charge in [0.2, 0.25) is 0 Å². The molecule has 0 aliphatic carbocycles. The summed E-state index contributed by atoms with van der Waals surface area (Å²) < 4.78 is 11.4. The lowest BCUT2D eigenvalue weighted by Crippen LogP contribution is -2.52. The van der Waals surface area contributed by atoms with Crippen molar-refractivity contribution in [2.75, 3.05) is 39.5 Å². The summed E-state index contributed by atoms with van der Waals surface area (Å²) in [5, 5.41) is 4.21. The van der Waals surface area contributed by atoms with Crippen molar-refractivity contribution < 1.29 is 14.3 Å². The van der Waals surface area contributed by atoms with Crippen LogP contribution in [0, 0.1) is 11.8 Å². The third-order valence-electron chi connectivity index (χ3n) is 5.39. The molecular weight excluding hydrogens is 328 g/mol. The summed E-state index contributed by atoms with van der Waals surface area (Å²) in [5.41, 5.74) is 1.12. The molecule has 1 aromatic carbocycles. The molecule has 4 unspecified atom stereocenters. The van der Waals surface area contributed by atoms with E-state index in [2.05, 4.69) is 11.4 Å². The van der Waals surface area contributed by atoms with E-state index in [0.717, 1.165) is 43.3 Å². The highest BCUT2D eigenvalue weighted by Gasteiger charge is 2.44. The van der Waals surface area contributed by atoms with Crippen molar-refractivity contribution in [1.82, 2.24) is 10.2 Å². The second-order valence-corrected chi connectivity index (χ2v) is 7.32. The van der Waals surface area contributed by atoms with Crippen LogP contribution in [0.15, 0.2) is 24.3 Å². The van der Waals surface area contributed by atoms with Gasteiger partial charge in [-0.05, 0) is 24.1 Å². The molecule has 5 nitrogen and oxygen atoms in total. The average molecular weight is 351 g/mol. The van der Waals surface area contributed by atoms with Crippen molar-refractivity contribution in [3.8, 4) is 0 Å². The predicted octanol–water partition coefficient (Wildman–Crippen LogP) is 1.86. The monoisotopic (exact) mass is 350 g/mol. The normalized spacial score (nSPS) is 33.3. The molecule has 4 rings (SSSR count). The molecule has 3 fully saturated rings. The maximum absolute atomic E-state index is 13.0. The third kappa shape index (κ3) is 3.18. The number of ether oxygens (including phenoxy) is 2. The highest BCUT2D eigenvalue weighted by Crippen LogP contribution is 2.34. The quantitative estimate of drug-likeness (QED) is 0.884. The Hall–Kier alpha value is -1.14. The van der Waals surface area contributed by atoms with Gasteiger partial charge >= 0.3 is 0 Å². The minimum absolute atomic E-state index is 0.119. The number of nitrogens with zero attached hydrogens (tertiary/aromatic N) is 1. The molecule has 1 N–H and O–H groups in total. The highest BCUT2D eigenvalue weighted by molar-refractivity contribution is 6.30. The Kier molecular flexibility index (Phi) is 4.77. The Labute approximate surface area is 147 Å². The van der Waals surface area contributed by atoms with E-state index < -0.39 is 0 Å². The summed E-state index contributed by atoms with van der Waals surface area (Å²) >= 11 is 6.10. The van der Waals surface area contributed by atoms with Crippen molar-refractivity contribution in [3.63, 3.8) is 0 Å². The van der Waals surface area contributed by atoms with Gasteiger partial charge in [-0.3, -0.25) is 4.79 Å². The van der Waals surface area contributed by atoms with E-state index in [1.807, 2.05) is 23.1 Å². The molecule has 3 aliphatic rings. The van der Waals surface area contributed by atoms with Gasteiger partial charge in [-0.25, -0.2) is 0 Å². The fraction of sp³-hybridized carbons (Fsp3) is 0.611. The zero-order valence-electron chi connectivity index (χ0n) is 13.6. The van der Waals surface area contributed by atoms with E-state index in [-0.39, 0.29) is 18.1 Å². The number of nitrogens with one attached hydrogen (secondary N) is 1. The van der Waals surface area contributed by atoms with Gasteiger partial charge in [-0.1, -0.05) is 23.7 Å². The molecule has 3 saturated heterocycles. The number of rotatable bonds is 2. The molecule has 24 heavy (non-hydrogen) atoms. The molecule has 0 bridgehead atoms. The van der Waals surface area contributed by atoms with Crippen LogP contribution in [0.1, 0.15) is 18.0 Å². The van der Waals surface area contributed by atoms with Crippen LogP contribution in [0.5, 0.6) is 0 Å². The van der Waals surface area contributed by atoms with Gasteiger partial charge in [0.15, 0.2) is 0 Å². The topological polar surface area (TPSA) is 50.8 Å². The van der Waals surface area contributed by atoms with Crippen molar-refractivity contribution in [3.05, 3.63) is 34.9 Å². The Morgan fingerprint density at radius 2 is 2.25 bits per heavy atom. The maximum Gasteiger partial charge on any atom is 0.252 e. The predicted molar refractivity (Wildman–Crippen MR) is 90.9 cm³/mol. The van der Waals surface area contributed by atoms with Gasteiger partial charge in [0.1, 0.15) is 6.10 Å². The summed E-state index contributed by atoms with van der Waals surface area (Å²) in [5.74, 6) is 0.822. The lowest BCUT2D eigenvalue weighted by molar-refractivity contribution is -0.144. The minimum Gasteiger partial charge on any atom is -0.381 e. The molecule has 130 valence electrons. The van der Waals surface area contributed by atoms with Gasteiger partial charge in [0.25, 0.3) is 5.91 Å². The van der Waals surface area contributed by atoms with E-state index in [1.54, 1.807) is 0 Å². The first-order valence-electron chi connectivity index (χ1n) is 8.69. The van der Waals surface area contributed by atoms with Crippen molar-refractivity contribution >= 4 is 17.5 Å². The van der Waals surface area contributed by atoms with Crippen molar-refractivity contribution in [2.24, 2.45) is 11.8 Å². The second kappa shape index (κ2) is 7.00. The summed E-state index contributed by atoms with van der Waals surface area (Å²) in [6, 6.07) is 7.96. The standard InChI is InChI=1S/C18H23ClN2O3/c19-14-3-1-2-12(8-14)16-9-21(6-5-20-16)18(22)17-15-4-7-23-10-13(15)11-24-17/h1-3,8,13,15-17,20H,4-7,9-11H2. The number of carbonyl (C=O) groups is 1. The molecular formula is C18H23ClN2O3. The number of hydrogen-bond donors (Lipinski definition) is 1. The number of carbonyl (C=O) groups excluding carboxylic acids is 1. The molecule has 1 amide bonds. The van der Waals surface area contributed by atoms with E-state index >= 15 is 0 Å². The number of piperazine rings is 1. The molecule has 0 aromatic heterocycles. The zero-order chi connectivity index (χ0) is 16.5. The average Bonchev–Trinajstić information content (AvgIpc) is 3.05. The van der Waals surface area contributed by atoms with Gasteiger partial charge < -0.3 is 19.7 Å². The Morgan fingerprint density at radius 1 is 1.33 bits per heavy atom. The number of hydrogen-bond acceptors (Lipinski definition) is 4. The first kappa shape index (κ1) is 16.3. The fourth-order valence-corrected chi connectivity index (χ4v) is 4.26. The minimum atomic E-state index is -0.294. The molecule has 3 aliphatic heterocycles. The largest absolute Gasteiger partial charge is 0.381 e. The van der Waals surface area contributed by atoms with Crippen molar-refractivity contribution in [1.29, 1.82) is 0 Å². The summed E-state index contributed by atoms with van der Waals surface area (Å²) in [6.45, 7) is 4.27. The number of benzene rings is 1. The fourth-order valence-electron chi connectivity index (χ4n) is 4.07. The van der Waals surface area contributed by atoms with E-state index in [4.69, 9.17) is 21.1 Å². The second-order valence-electron chi connectivity index (χ2n) is 6.89. The summed E-state index contributed by atoms with van der Waals surface area (Å²) in [7, 11) is 0.